The molecule has 3 aromatic carbocycles. The van der Waals surface area contributed by atoms with Crippen LogP contribution in [-0.4, -0.2) is 5.11 Å². The van der Waals surface area contributed by atoms with Gasteiger partial charge in [0.25, 0.3) is 0 Å². The summed E-state index contributed by atoms with van der Waals surface area (Å²) in [4.78, 5) is 0. The van der Waals surface area contributed by atoms with E-state index in [9.17, 15) is 5.11 Å². The van der Waals surface area contributed by atoms with E-state index in [4.69, 9.17) is 11.2 Å². The van der Waals surface area contributed by atoms with Gasteiger partial charge in [-0.2, -0.15) is 0 Å². The molecule has 1 unspecified atom stereocenters. The first-order valence-electron chi connectivity index (χ1n) is 7.31. The van der Waals surface area contributed by atoms with Crippen LogP contribution < -0.4 is 4.74 Å². The molecule has 23 heavy (non-hydrogen) atoms. The van der Waals surface area contributed by atoms with Gasteiger partial charge < -0.3 is 9.84 Å². The molecule has 0 aliphatic rings. The van der Waals surface area contributed by atoms with E-state index in [0.29, 0.717) is 16.9 Å². The fraction of sp³-hybridized carbons (Fsp3) is 0.0476. The maximum absolute atomic E-state index is 10.9. The third kappa shape index (κ3) is 3.11. The minimum absolute atomic E-state index is 0.631. The van der Waals surface area contributed by atoms with Gasteiger partial charge in [0, 0.05) is 11.1 Å². The smallest absolute Gasteiger partial charge is 0.176 e. The first-order chi connectivity index (χ1) is 11.2. The van der Waals surface area contributed by atoms with Crippen molar-refractivity contribution < 1.29 is 9.84 Å². The standard InChI is InChI=1S/C21H16O2/c1-2-21(22,17-9-5-3-6-10-17)18-13-15-20(16-14-18)23-19-11-7-4-8-12-19/h1,3-16,22H. The number of hydrogen-bond donors (Lipinski definition) is 1. The molecule has 1 atom stereocenters. The van der Waals surface area contributed by atoms with Crippen molar-refractivity contribution >= 4 is 0 Å². The van der Waals surface area contributed by atoms with E-state index in [1.807, 2.05) is 60.7 Å². The molecule has 0 aliphatic heterocycles. The minimum atomic E-state index is -1.45. The molecule has 112 valence electrons. The predicted molar refractivity (Wildman–Crippen MR) is 91.2 cm³/mol. The lowest BCUT2D eigenvalue weighted by molar-refractivity contribution is 0.145. The molecule has 0 spiro atoms. The van der Waals surface area contributed by atoms with Gasteiger partial charge in [-0.3, -0.25) is 0 Å². The summed E-state index contributed by atoms with van der Waals surface area (Å²) < 4.78 is 5.75. The van der Waals surface area contributed by atoms with E-state index in [1.54, 1.807) is 24.3 Å². The maximum Gasteiger partial charge on any atom is 0.176 e. The molecule has 1 N–H and O–H groups in total. The highest BCUT2D eigenvalue weighted by atomic mass is 16.5. The van der Waals surface area contributed by atoms with E-state index in [1.165, 1.54) is 0 Å². The molecule has 0 fully saturated rings. The number of aliphatic hydroxyl groups is 1. The van der Waals surface area contributed by atoms with Crippen molar-refractivity contribution in [1.29, 1.82) is 0 Å². The Hall–Kier alpha value is -3.02. The van der Waals surface area contributed by atoms with Crippen LogP contribution in [0.1, 0.15) is 11.1 Å². The highest BCUT2D eigenvalue weighted by Crippen LogP contribution is 2.31. The van der Waals surface area contributed by atoms with Gasteiger partial charge in [0.05, 0.1) is 0 Å². The largest absolute Gasteiger partial charge is 0.457 e. The van der Waals surface area contributed by atoms with Gasteiger partial charge >= 0.3 is 0 Å². The van der Waals surface area contributed by atoms with E-state index in [0.717, 1.165) is 5.75 Å². The van der Waals surface area contributed by atoms with Crippen molar-refractivity contribution in [1.82, 2.24) is 0 Å². The van der Waals surface area contributed by atoms with E-state index in [-0.39, 0.29) is 0 Å². The van der Waals surface area contributed by atoms with Gasteiger partial charge in [-0.15, -0.1) is 6.42 Å². The Morgan fingerprint density at radius 3 is 1.74 bits per heavy atom. The molecular formula is C21H16O2. The summed E-state index contributed by atoms with van der Waals surface area (Å²) in [5.74, 6) is 3.94. The first kappa shape index (κ1) is 14.9. The van der Waals surface area contributed by atoms with Crippen LogP contribution in [0.4, 0.5) is 0 Å². The second-order valence-corrected chi connectivity index (χ2v) is 5.16. The summed E-state index contributed by atoms with van der Waals surface area (Å²) in [6.07, 6.45) is 5.60. The van der Waals surface area contributed by atoms with Gasteiger partial charge in [0.2, 0.25) is 0 Å². The number of benzene rings is 3. The Labute approximate surface area is 136 Å². The zero-order valence-electron chi connectivity index (χ0n) is 12.5. The summed E-state index contributed by atoms with van der Waals surface area (Å²) in [6.45, 7) is 0. The van der Waals surface area contributed by atoms with Gasteiger partial charge in [0.1, 0.15) is 11.5 Å². The SMILES string of the molecule is C#CC(O)(c1ccccc1)c1ccc(Oc2ccccc2)cc1. The fourth-order valence-electron chi connectivity index (χ4n) is 2.40. The molecule has 0 bridgehead atoms. The zero-order valence-corrected chi connectivity index (χ0v) is 12.5. The number of para-hydroxylation sites is 1. The molecule has 3 rings (SSSR count). The predicted octanol–water partition coefficient (Wildman–Crippen LogP) is 4.35. The Balaban J connectivity index is 1.88. The third-order valence-electron chi connectivity index (χ3n) is 3.65. The maximum atomic E-state index is 10.9. The molecule has 0 radical (unpaired) electrons. The monoisotopic (exact) mass is 300 g/mol. The van der Waals surface area contributed by atoms with Gasteiger partial charge in [-0.1, -0.05) is 66.6 Å². The van der Waals surface area contributed by atoms with Crippen molar-refractivity contribution in [3.8, 4) is 23.8 Å². The second kappa shape index (κ2) is 6.39. The average molecular weight is 300 g/mol. The van der Waals surface area contributed by atoms with Crippen LogP contribution in [-0.2, 0) is 5.60 Å². The molecule has 0 heterocycles. The van der Waals surface area contributed by atoms with E-state index < -0.39 is 5.60 Å². The van der Waals surface area contributed by atoms with E-state index >= 15 is 0 Å². The lowest BCUT2D eigenvalue weighted by Crippen LogP contribution is -2.24. The Morgan fingerprint density at radius 2 is 1.17 bits per heavy atom. The molecule has 0 amide bonds. The molecule has 3 aromatic rings. The van der Waals surface area contributed by atoms with Crippen LogP contribution in [0.25, 0.3) is 0 Å². The zero-order chi connectivity index (χ0) is 16.1. The van der Waals surface area contributed by atoms with Crippen molar-refractivity contribution in [2.45, 2.75) is 5.60 Å². The number of hydrogen-bond acceptors (Lipinski definition) is 2. The lowest BCUT2D eigenvalue weighted by Gasteiger charge is -2.23. The average Bonchev–Trinajstić information content (AvgIpc) is 2.63. The van der Waals surface area contributed by atoms with E-state index in [2.05, 4.69) is 5.92 Å². The lowest BCUT2D eigenvalue weighted by atomic mass is 9.87. The molecule has 0 aliphatic carbocycles. The van der Waals surface area contributed by atoms with Gasteiger partial charge in [-0.05, 0) is 24.3 Å². The van der Waals surface area contributed by atoms with Crippen molar-refractivity contribution in [2.75, 3.05) is 0 Å². The Kier molecular flexibility index (Phi) is 4.14. The van der Waals surface area contributed by atoms with Crippen molar-refractivity contribution in [2.24, 2.45) is 0 Å². The molecule has 0 aromatic heterocycles. The Morgan fingerprint density at radius 1 is 0.696 bits per heavy atom. The quantitative estimate of drug-likeness (QED) is 0.726. The first-order valence-corrected chi connectivity index (χ1v) is 7.31. The minimum Gasteiger partial charge on any atom is -0.457 e. The highest BCUT2D eigenvalue weighted by molar-refractivity contribution is 5.45. The highest BCUT2D eigenvalue weighted by Gasteiger charge is 2.28. The number of terminal acetylenes is 1. The van der Waals surface area contributed by atoms with Crippen molar-refractivity contribution in [3.63, 3.8) is 0 Å². The summed E-state index contributed by atoms with van der Waals surface area (Å²) in [5, 5.41) is 10.9. The summed E-state index contributed by atoms with van der Waals surface area (Å²) in [7, 11) is 0. The summed E-state index contributed by atoms with van der Waals surface area (Å²) in [5.41, 5.74) is -0.155. The molecule has 2 nitrogen and oxygen atoms in total. The number of ether oxygens (including phenoxy) is 1. The van der Waals surface area contributed by atoms with Crippen LogP contribution >= 0.6 is 0 Å². The van der Waals surface area contributed by atoms with Gasteiger partial charge in [0.15, 0.2) is 5.60 Å². The van der Waals surface area contributed by atoms with Crippen LogP contribution in [0.5, 0.6) is 11.5 Å². The second-order valence-electron chi connectivity index (χ2n) is 5.16. The molecular weight excluding hydrogens is 284 g/mol. The normalized spacial score (nSPS) is 12.9. The van der Waals surface area contributed by atoms with Crippen LogP contribution in [0.2, 0.25) is 0 Å². The third-order valence-corrected chi connectivity index (χ3v) is 3.65. The topological polar surface area (TPSA) is 29.5 Å². The summed E-state index contributed by atoms with van der Waals surface area (Å²) in [6, 6.07) is 25.9. The Bertz CT molecular complexity index is 802. The van der Waals surface area contributed by atoms with Crippen LogP contribution in [0, 0.1) is 12.3 Å². The van der Waals surface area contributed by atoms with Crippen LogP contribution in [0.15, 0.2) is 84.9 Å². The fourth-order valence-corrected chi connectivity index (χ4v) is 2.40. The molecule has 0 saturated carbocycles. The van der Waals surface area contributed by atoms with Crippen LogP contribution in [0.3, 0.4) is 0 Å². The summed E-state index contributed by atoms with van der Waals surface area (Å²) >= 11 is 0. The van der Waals surface area contributed by atoms with Crippen molar-refractivity contribution in [3.05, 3.63) is 96.1 Å². The number of rotatable bonds is 4. The van der Waals surface area contributed by atoms with Gasteiger partial charge in [-0.25, -0.2) is 0 Å². The molecule has 0 saturated heterocycles. The molecule has 2 heteroatoms.